The summed E-state index contributed by atoms with van der Waals surface area (Å²) in [4.78, 5) is 0. The van der Waals surface area contributed by atoms with Crippen molar-refractivity contribution in [1.29, 1.82) is 0 Å². The maximum absolute atomic E-state index is 11.6. The van der Waals surface area contributed by atoms with E-state index in [0.717, 1.165) is 38.5 Å². The molecule has 2 aliphatic rings. The van der Waals surface area contributed by atoms with Gasteiger partial charge in [-0.25, -0.2) is 4.72 Å². The maximum Gasteiger partial charge on any atom is 0.277 e. The lowest BCUT2D eigenvalue weighted by Gasteiger charge is -2.30. The third kappa shape index (κ3) is 4.21. The average molecular weight is 262 g/mol. The highest BCUT2D eigenvalue weighted by atomic mass is 32.2. The van der Waals surface area contributed by atoms with Gasteiger partial charge in [0, 0.05) is 19.2 Å². The molecule has 3 N–H and O–H groups in total. The van der Waals surface area contributed by atoms with E-state index in [4.69, 9.17) is 0 Å². The molecule has 6 heteroatoms. The predicted molar refractivity (Wildman–Crippen MR) is 65.6 cm³/mol. The van der Waals surface area contributed by atoms with E-state index in [0.29, 0.717) is 6.54 Å². The van der Waals surface area contributed by atoms with Crippen LogP contribution >= 0.6 is 0 Å². The fourth-order valence-electron chi connectivity index (χ4n) is 2.47. The van der Waals surface area contributed by atoms with Crippen LogP contribution in [0.4, 0.5) is 0 Å². The first-order valence-corrected chi connectivity index (χ1v) is 7.97. The van der Waals surface area contributed by atoms with Crippen LogP contribution in [-0.4, -0.2) is 32.7 Å². The van der Waals surface area contributed by atoms with Gasteiger partial charge in [0.2, 0.25) is 0 Å². The van der Waals surface area contributed by atoms with Crippen LogP contribution in [0.5, 0.6) is 0 Å². The monoisotopic (exact) mass is 262 g/mol. The minimum Gasteiger partial charge on any atom is -0.396 e. The van der Waals surface area contributed by atoms with Gasteiger partial charge in [-0.2, -0.15) is 13.1 Å². The first-order chi connectivity index (χ1) is 8.11. The molecule has 5 nitrogen and oxygen atoms in total. The third-order valence-electron chi connectivity index (χ3n) is 3.74. The van der Waals surface area contributed by atoms with Gasteiger partial charge in [0.15, 0.2) is 0 Å². The highest BCUT2D eigenvalue weighted by Crippen LogP contribution is 2.29. The van der Waals surface area contributed by atoms with Crippen molar-refractivity contribution in [2.75, 3.05) is 13.2 Å². The van der Waals surface area contributed by atoms with Crippen LogP contribution in [0.15, 0.2) is 0 Å². The normalized spacial score (nSPS) is 30.4. The molecule has 0 amide bonds. The minimum atomic E-state index is -3.33. The van der Waals surface area contributed by atoms with E-state index < -0.39 is 10.2 Å². The summed E-state index contributed by atoms with van der Waals surface area (Å²) < 4.78 is 28.5. The van der Waals surface area contributed by atoms with Crippen molar-refractivity contribution < 1.29 is 13.5 Å². The molecule has 2 aliphatic carbocycles. The van der Waals surface area contributed by atoms with Crippen molar-refractivity contribution in [3.8, 4) is 0 Å². The van der Waals surface area contributed by atoms with Gasteiger partial charge in [0.05, 0.1) is 0 Å². The number of nitrogens with one attached hydrogen (secondary N) is 2. The van der Waals surface area contributed by atoms with Crippen LogP contribution in [-0.2, 0) is 10.2 Å². The molecule has 2 saturated carbocycles. The topological polar surface area (TPSA) is 78.4 Å². The van der Waals surface area contributed by atoms with E-state index in [2.05, 4.69) is 9.44 Å². The van der Waals surface area contributed by atoms with E-state index in [-0.39, 0.29) is 24.5 Å². The highest BCUT2D eigenvalue weighted by Gasteiger charge is 2.29. The molecule has 0 aliphatic heterocycles. The van der Waals surface area contributed by atoms with Gasteiger partial charge in [-0.05, 0) is 37.5 Å². The summed E-state index contributed by atoms with van der Waals surface area (Å²) in [6, 6.07) is 0.146. The van der Waals surface area contributed by atoms with E-state index >= 15 is 0 Å². The number of aliphatic hydroxyl groups excluding tert-OH is 1. The zero-order valence-corrected chi connectivity index (χ0v) is 10.9. The van der Waals surface area contributed by atoms with Gasteiger partial charge in [-0.15, -0.1) is 0 Å². The zero-order valence-electron chi connectivity index (χ0n) is 10.1. The predicted octanol–water partition coefficient (Wildman–Crippen LogP) is 0.371. The Hall–Kier alpha value is -0.170. The van der Waals surface area contributed by atoms with Crippen molar-refractivity contribution in [1.82, 2.24) is 9.44 Å². The SMILES string of the molecule is O=S(=O)(NCC1CCCCC1CO)NC1CC1. The van der Waals surface area contributed by atoms with Gasteiger partial charge < -0.3 is 5.11 Å². The molecular formula is C11H22N2O3S. The number of hydrogen-bond acceptors (Lipinski definition) is 3. The van der Waals surface area contributed by atoms with Crippen LogP contribution < -0.4 is 9.44 Å². The quantitative estimate of drug-likeness (QED) is 0.647. The molecule has 0 bridgehead atoms. The zero-order chi connectivity index (χ0) is 12.3. The summed E-state index contributed by atoms with van der Waals surface area (Å²) in [6.07, 6.45) is 6.21. The minimum absolute atomic E-state index is 0.146. The second-order valence-electron chi connectivity index (χ2n) is 5.23. The molecule has 0 aromatic heterocycles. The van der Waals surface area contributed by atoms with Crippen molar-refractivity contribution in [2.45, 2.75) is 44.6 Å². The average Bonchev–Trinajstić information content (AvgIpc) is 3.10. The first kappa shape index (κ1) is 13.3. The molecular weight excluding hydrogens is 240 g/mol. The largest absolute Gasteiger partial charge is 0.396 e. The highest BCUT2D eigenvalue weighted by molar-refractivity contribution is 7.87. The van der Waals surface area contributed by atoms with Crippen LogP contribution in [0.25, 0.3) is 0 Å². The molecule has 100 valence electrons. The molecule has 17 heavy (non-hydrogen) atoms. The number of rotatable bonds is 6. The molecule has 0 aromatic carbocycles. The summed E-state index contributed by atoms with van der Waals surface area (Å²) in [7, 11) is -3.33. The summed E-state index contributed by atoms with van der Waals surface area (Å²) in [6.45, 7) is 0.621. The summed E-state index contributed by atoms with van der Waals surface area (Å²) in [5.41, 5.74) is 0. The maximum atomic E-state index is 11.6. The first-order valence-electron chi connectivity index (χ1n) is 6.48. The Balaban J connectivity index is 1.79. The van der Waals surface area contributed by atoms with Crippen LogP contribution in [0.1, 0.15) is 38.5 Å². The summed E-state index contributed by atoms with van der Waals surface area (Å²) in [5, 5.41) is 9.25. The molecule has 0 heterocycles. The van der Waals surface area contributed by atoms with Gasteiger partial charge in [-0.1, -0.05) is 12.8 Å². The summed E-state index contributed by atoms with van der Waals surface area (Å²) in [5.74, 6) is 0.539. The molecule has 0 saturated heterocycles. The van der Waals surface area contributed by atoms with Crippen LogP contribution in [0.3, 0.4) is 0 Å². The van der Waals surface area contributed by atoms with E-state index in [1.165, 1.54) is 0 Å². The van der Waals surface area contributed by atoms with Crippen molar-refractivity contribution in [3.05, 3.63) is 0 Å². The fraction of sp³-hybridized carbons (Fsp3) is 1.00. The lowest BCUT2D eigenvalue weighted by atomic mass is 9.80. The van der Waals surface area contributed by atoms with E-state index in [1.807, 2.05) is 0 Å². The molecule has 0 radical (unpaired) electrons. The number of hydrogen-bond donors (Lipinski definition) is 3. The Morgan fingerprint density at radius 2 is 1.71 bits per heavy atom. The molecule has 2 unspecified atom stereocenters. The van der Waals surface area contributed by atoms with Crippen LogP contribution in [0.2, 0.25) is 0 Å². The van der Waals surface area contributed by atoms with Crippen molar-refractivity contribution in [2.24, 2.45) is 11.8 Å². The van der Waals surface area contributed by atoms with Crippen LogP contribution in [0, 0.1) is 11.8 Å². The van der Waals surface area contributed by atoms with Gasteiger partial charge >= 0.3 is 0 Å². The molecule has 2 fully saturated rings. The van der Waals surface area contributed by atoms with E-state index in [1.54, 1.807) is 0 Å². The Labute approximate surface area is 103 Å². The lowest BCUT2D eigenvalue weighted by Crippen LogP contribution is -2.42. The molecule has 0 spiro atoms. The standard InChI is InChI=1S/C11H22N2O3S/c14-8-10-4-2-1-3-9(10)7-12-17(15,16)13-11-5-6-11/h9-14H,1-8H2. The molecule has 2 rings (SSSR count). The third-order valence-corrected chi connectivity index (χ3v) is 4.93. The van der Waals surface area contributed by atoms with Crippen molar-refractivity contribution >= 4 is 10.2 Å². The molecule has 2 atom stereocenters. The molecule has 0 aromatic rings. The second kappa shape index (κ2) is 5.65. The van der Waals surface area contributed by atoms with Crippen molar-refractivity contribution in [3.63, 3.8) is 0 Å². The Bertz CT molecular complexity index is 341. The van der Waals surface area contributed by atoms with E-state index in [9.17, 15) is 13.5 Å². The van der Waals surface area contributed by atoms with Gasteiger partial charge in [0.25, 0.3) is 10.2 Å². The Morgan fingerprint density at radius 3 is 2.29 bits per heavy atom. The fourth-order valence-corrected chi connectivity index (χ4v) is 3.66. The Kier molecular flexibility index (Phi) is 4.41. The van der Waals surface area contributed by atoms with Gasteiger partial charge in [0.1, 0.15) is 0 Å². The lowest BCUT2D eigenvalue weighted by molar-refractivity contribution is 0.136. The number of aliphatic hydroxyl groups is 1. The second-order valence-corrected chi connectivity index (χ2v) is 6.76. The smallest absolute Gasteiger partial charge is 0.277 e. The summed E-state index contributed by atoms with van der Waals surface area (Å²) >= 11 is 0. The van der Waals surface area contributed by atoms with Gasteiger partial charge in [-0.3, -0.25) is 0 Å². The Morgan fingerprint density at radius 1 is 1.06 bits per heavy atom.